The zero-order valence-electron chi connectivity index (χ0n) is 20.0. The summed E-state index contributed by atoms with van der Waals surface area (Å²) in [5, 5.41) is 5.57. The van der Waals surface area contributed by atoms with Crippen LogP contribution < -0.4 is 9.47 Å². The van der Waals surface area contributed by atoms with Gasteiger partial charge in [-0.15, -0.1) is 5.10 Å². The molecular weight excluding hydrogens is 444 g/mol. The molecule has 1 aromatic carbocycles. The summed E-state index contributed by atoms with van der Waals surface area (Å²) < 4.78 is 12.7. The summed E-state index contributed by atoms with van der Waals surface area (Å²) in [5.74, 6) is 1.81. The summed E-state index contributed by atoms with van der Waals surface area (Å²) in [6, 6.07) is 9.99. The lowest BCUT2D eigenvalue weighted by Gasteiger charge is -2.35. The number of amides is 1. The van der Waals surface area contributed by atoms with E-state index in [1.54, 1.807) is 6.20 Å². The van der Waals surface area contributed by atoms with Crippen LogP contribution in [0.15, 0.2) is 36.5 Å². The second-order valence-electron chi connectivity index (χ2n) is 9.22. The van der Waals surface area contributed by atoms with E-state index in [1.165, 1.54) is 5.56 Å². The van der Waals surface area contributed by atoms with Crippen molar-refractivity contribution in [1.29, 1.82) is 0 Å². The van der Waals surface area contributed by atoms with Gasteiger partial charge in [0.1, 0.15) is 0 Å². The van der Waals surface area contributed by atoms with Crippen molar-refractivity contribution in [2.24, 2.45) is 0 Å². The molecule has 180 valence electrons. The van der Waals surface area contributed by atoms with Crippen LogP contribution in [0.3, 0.4) is 0 Å². The van der Waals surface area contributed by atoms with Crippen molar-refractivity contribution in [3.8, 4) is 11.5 Å². The molecule has 9 nitrogen and oxygen atoms in total. The molecule has 0 atom stereocenters. The van der Waals surface area contributed by atoms with Crippen molar-refractivity contribution in [2.75, 3.05) is 33.0 Å². The van der Waals surface area contributed by atoms with Crippen molar-refractivity contribution < 1.29 is 14.3 Å². The minimum absolute atomic E-state index is 0.193. The van der Waals surface area contributed by atoms with E-state index in [1.807, 2.05) is 47.5 Å². The molecule has 0 N–H and O–H groups in total. The number of hydrogen-bond donors (Lipinski definition) is 0. The van der Waals surface area contributed by atoms with Crippen LogP contribution in [-0.2, 0) is 17.8 Å². The zero-order valence-corrected chi connectivity index (χ0v) is 20.0. The van der Waals surface area contributed by atoms with E-state index in [0.717, 1.165) is 72.2 Å². The van der Waals surface area contributed by atoms with Gasteiger partial charge in [-0.3, -0.25) is 9.69 Å². The number of aryl methyl sites for hydroxylation is 2. The van der Waals surface area contributed by atoms with E-state index in [9.17, 15) is 4.79 Å². The van der Waals surface area contributed by atoms with E-state index in [-0.39, 0.29) is 5.91 Å². The molecule has 0 saturated carbocycles. The van der Waals surface area contributed by atoms with Crippen molar-refractivity contribution in [2.45, 2.75) is 33.2 Å². The summed E-state index contributed by atoms with van der Waals surface area (Å²) in [5.41, 5.74) is 5.75. The van der Waals surface area contributed by atoms with Gasteiger partial charge in [-0.2, -0.15) is 0 Å². The Morgan fingerprint density at radius 1 is 1.06 bits per heavy atom. The molecule has 0 radical (unpaired) electrons. The lowest BCUT2D eigenvalue weighted by atomic mass is 10.1. The highest BCUT2D eigenvalue weighted by atomic mass is 16.7. The monoisotopic (exact) mass is 472 g/mol. The SMILES string of the molecule is Cc1nc2c3cccnc3nn2c(C)c1CCC(=O)N1CCN(Cc2ccc3c(c2)OCO3)CC1. The molecule has 3 aromatic heterocycles. The Labute approximate surface area is 203 Å². The van der Waals surface area contributed by atoms with Gasteiger partial charge in [0.2, 0.25) is 12.7 Å². The first kappa shape index (κ1) is 21.8. The van der Waals surface area contributed by atoms with Crippen LogP contribution in [0.25, 0.3) is 16.7 Å². The molecule has 2 aliphatic rings. The van der Waals surface area contributed by atoms with Gasteiger partial charge >= 0.3 is 0 Å². The van der Waals surface area contributed by atoms with Crippen molar-refractivity contribution in [3.05, 3.63) is 59.0 Å². The maximum atomic E-state index is 13.0. The van der Waals surface area contributed by atoms with Gasteiger partial charge in [0.05, 0.1) is 5.39 Å². The average molecular weight is 473 g/mol. The van der Waals surface area contributed by atoms with Crippen molar-refractivity contribution in [3.63, 3.8) is 0 Å². The molecule has 6 rings (SSSR count). The maximum absolute atomic E-state index is 13.0. The summed E-state index contributed by atoms with van der Waals surface area (Å²) in [7, 11) is 0. The molecule has 0 aliphatic carbocycles. The lowest BCUT2D eigenvalue weighted by molar-refractivity contribution is -0.133. The zero-order chi connectivity index (χ0) is 23.9. The Morgan fingerprint density at radius 2 is 1.89 bits per heavy atom. The molecule has 2 aliphatic heterocycles. The summed E-state index contributed by atoms with van der Waals surface area (Å²) >= 11 is 0. The highest BCUT2D eigenvalue weighted by Crippen LogP contribution is 2.33. The number of carbonyl (C=O) groups is 1. The van der Waals surface area contributed by atoms with E-state index in [4.69, 9.17) is 14.5 Å². The highest BCUT2D eigenvalue weighted by molar-refractivity contribution is 5.89. The van der Waals surface area contributed by atoms with Gasteiger partial charge in [0, 0.05) is 56.7 Å². The van der Waals surface area contributed by atoms with Crippen LogP contribution >= 0.6 is 0 Å². The lowest BCUT2D eigenvalue weighted by Crippen LogP contribution is -2.48. The van der Waals surface area contributed by atoms with Gasteiger partial charge in [0.15, 0.2) is 22.8 Å². The Balaban J connectivity index is 1.07. The molecule has 5 heterocycles. The topological polar surface area (TPSA) is 85.1 Å². The van der Waals surface area contributed by atoms with E-state index in [0.29, 0.717) is 25.3 Å². The highest BCUT2D eigenvalue weighted by Gasteiger charge is 2.23. The number of rotatable bonds is 5. The fourth-order valence-electron chi connectivity index (χ4n) is 5.07. The number of carbonyl (C=O) groups excluding carboxylic acids is 1. The molecule has 4 aromatic rings. The minimum Gasteiger partial charge on any atom is -0.454 e. The Bertz CT molecular complexity index is 1420. The molecular formula is C26H28N6O3. The Morgan fingerprint density at radius 3 is 2.74 bits per heavy atom. The number of pyridine rings is 1. The van der Waals surface area contributed by atoms with Crippen LogP contribution in [-0.4, -0.2) is 68.3 Å². The minimum atomic E-state index is 0.193. The molecule has 9 heteroatoms. The standard InChI is InChI=1S/C26H28N6O3/c1-17-20(18(2)32-26(28-17)21-4-3-9-27-25(21)29-32)6-8-24(33)31-12-10-30(11-13-31)15-19-5-7-22-23(14-19)35-16-34-22/h3-5,7,9,14H,6,8,10-13,15-16H2,1-2H3. The van der Waals surface area contributed by atoms with E-state index in [2.05, 4.69) is 21.0 Å². The van der Waals surface area contributed by atoms with Crippen LogP contribution in [0.4, 0.5) is 0 Å². The van der Waals surface area contributed by atoms with Gasteiger partial charge in [-0.05, 0) is 55.7 Å². The van der Waals surface area contributed by atoms with Crippen LogP contribution in [0.1, 0.15) is 28.9 Å². The molecule has 1 amide bonds. The first-order valence-corrected chi connectivity index (χ1v) is 12.0. The quantitative estimate of drug-likeness (QED) is 0.442. The fourth-order valence-corrected chi connectivity index (χ4v) is 5.07. The van der Waals surface area contributed by atoms with Gasteiger partial charge in [0.25, 0.3) is 0 Å². The van der Waals surface area contributed by atoms with E-state index < -0.39 is 0 Å². The molecule has 35 heavy (non-hydrogen) atoms. The number of nitrogens with zero attached hydrogens (tertiary/aromatic N) is 6. The first-order valence-electron chi connectivity index (χ1n) is 12.0. The first-order chi connectivity index (χ1) is 17.1. The second kappa shape index (κ2) is 8.81. The Hall–Kier alpha value is -3.72. The van der Waals surface area contributed by atoms with Gasteiger partial charge in [-0.1, -0.05) is 6.07 Å². The van der Waals surface area contributed by atoms with Gasteiger partial charge < -0.3 is 14.4 Å². The normalized spacial score (nSPS) is 15.9. The predicted molar refractivity (Wildman–Crippen MR) is 131 cm³/mol. The molecule has 0 spiro atoms. The molecule has 0 bridgehead atoms. The van der Waals surface area contributed by atoms with Crippen LogP contribution in [0, 0.1) is 13.8 Å². The number of piperazine rings is 1. The molecule has 1 fully saturated rings. The summed E-state index contributed by atoms with van der Waals surface area (Å²) in [4.78, 5) is 26.5. The fraction of sp³-hybridized carbons (Fsp3) is 0.385. The molecule has 1 saturated heterocycles. The van der Waals surface area contributed by atoms with Crippen molar-refractivity contribution in [1.82, 2.24) is 29.4 Å². The molecule has 0 unspecified atom stereocenters. The number of aromatic nitrogens is 4. The summed E-state index contributed by atoms with van der Waals surface area (Å²) in [6.45, 7) is 8.40. The van der Waals surface area contributed by atoms with Gasteiger partial charge in [-0.25, -0.2) is 14.5 Å². The van der Waals surface area contributed by atoms with Crippen LogP contribution in [0.5, 0.6) is 11.5 Å². The summed E-state index contributed by atoms with van der Waals surface area (Å²) in [6.07, 6.45) is 2.86. The number of ether oxygens (including phenoxy) is 2. The van der Waals surface area contributed by atoms with Crippen molar-refractivity contribution >= 4 is 22.6 Å². The third-order valence-corrected chi connectivity index (χ3v) is 7.04. The number of hydrogen-bond acceptors (Lipinski definition) is 7. The largest absolute Gasteiger partial charge is 0.454 e. The van der Waals surface area contributed by atoms with Crippen LogP contribution in [0.2, 0.25) is 0 Å². The Kier molecular flexibility index (Phi) is 5.49. The maximum Gasteiger partial charge on any atom is 0.231 e. The second-order valence-corrected chi connectivity index (χ2v) is 9.22. The number of fused-ring (bicyclic) bond motifs is 4. The number of benzene rings is 1. The predicted octanol–water partition coefficient (Wildman–Crippen LogP) is 2.90. The third-order valence-electron chi connectivity index (χ3n) is 7.04. The smallest absolute Gasteiger partial charge is 0.231 e. The van der Waals surface area contributed by atoms with E-state index >= 15 is 0 Å². The third kappa shape index (κ3) is 4.05. The average Bonchev–Trinajstić information content (AvgIpc) is 3.49.